The minimum Gasteiger partial charge on any atom is -0.497 e. The van der Waals surface area contributed by atoms with E-state index in [0.717, 1.165) is 42.8 Å². The number of hydrogen-bond acceptors (Lipinski definition) is 6. The highest BCUT2D eigenvalue weighted by atomic mass is 16.5. The van der Waals surface area contributed by atoms with Crippen LogP contribution in [0.4, 0.5) is 0 Å². The molecule has 0 bridgehead atoms. The molecule has 1 N–H and O–H groups in total. The molecule has 0 aliphatic carbocycles. The van der Waals surface area contributed by atoms with Crippen molar-refractivity contribution in [3.8, 4) is 11.5 Å². The van der Waals surface area contributed by atoms with E-state index < -0.39 is 0 Å². The van der Waals surface area contributed by atoms with Gasteiger partial charge in [-0.05, 0) is 24.1 Å². The third-order valence-electron chi connectivity index (χ3n) is 5.17. The Kier molecular flexibility index (Phi) is 6.95. The molecule has 2 aromatic rings. The Hall–Kier alpha value is -2.77. The summed E-state index contributed by atoms with van der Waals surface area (Å²) in [5.74, 6) is 4.61. The molecule has 3 rings (SSSR count). The second kappa shape index (κ2) is 9.62. The molecule has 1 aromatic carbocycles. The monoisotopic (exact) mass is 401 g/mol. The predicted octanol–water partition coefficient (Wildman–Crippen LogP) is 2.82. The van der Waals surface area contributed by atoms with Crippen LogP contribution in [0.3, 0.4) is 0 Å². The Bertz CT molecular complexity index is 811. The Morgan fingerprint density at radius 3 is 2.59 bits per heavy atom. The van der Waals surface area contributed by atoms with Crippen LogP contribution in [-0.4, -0.2) is 61.9 Å². The Labute approximate surface area is 172 Å². The van der Waals surface area contributed by atoms with Gasteiger partial charge in [0.25, 0.3) is 0 Å². The summed E-state index contributed by atoms with van der Waals surface area (Å²) in [6, 6.07) is 6.09. The maximum absolute atomic E-state index is 5.41. The largest absolute Gasteiger partial charge is 0.497 e. The summed E-state index contributed by atoms with van der Waals surface area (Å²) in [4.78, 5) is 11.1. The van der Waals surface area contributed by atoms with Gasteiger partial charge in [-0.3, -0.25) is 4.99 Å². The van der Waals surface area contributed by atoms with Crippen LogP contribution in [0.5, 0.6) is 11.5 Å². The van der Waals surface area contributed by atoms with E-state index in [1.165, 1.54) is 5.56 Å². The molecule has 29 heavy (non-hydrogen) atoms. The molecule has 0 radical (unpaired) electrons. The number of ether oxygens (including phenoxy) is 2. The van der Waals surface area contributed by atoms with Crippen molar-refractivity contribution in [2.45, 2.75) is 38.5 Å². The molecule has 1 aromatic heterocycles. The molecule has 1 aliphatic heterocycles. The normalized spacial score (nSPS) is 17.1. The van der Waals surface area contributed by atoms with E-state index in [-0.39, 0.29) is 5.92 Å². The predicted molar refractivity (Wildman–Crippen MR) is 112 cm³/mol. The topological polar surface area (TPSA) is 85.0 Å². The highest BCUT2D eigenvalue weighted by Gasteiger charge is 2.27. The highest BCUT2D eigenvalue weighted by molar-refractivity contribution is 5.80. The zero-order valence-corrected chi connectivity index (χ0v) is 17.9. The minimum absolute atomic E-state index is 0.269. The summed E-state index contributed by atoms with van der Waals surface area (Å²) >= 11 is 0. The van der Waals surface area contributed by atoms with E-state index >= 15 is 0 Å². The standard InChI is InChI=1S/C21H31N5O3/c1-14(2)20-24-19(29-25-20)6-8-23-21(22-3)26-9-7-15(13-26)16-10-17(27-4)12-18(11-16)28-5/h10-12,14-15H,6-9,13H2,1-5H3,(H,22,23). The maximum atomic E-state index is 5.41. The van der Waals surface area contributed by atoms with Gasteiger partial charge < -0.3 is 24.2 Å². The van der Waals surface area contributed by atoms with Crippen LogP contribution >= 0.6 is 0 Å². The third kappa shape index (κ3) is 5.19. The van der Waals surface area contributed by atoms with Gasteiger partial charge in [0.15, 0.2) is 11.8 Å². The number of guanidine groups is 1. The number of nitrogens with one attached hydrogen (secondary N) is 1. The van der Waals surface area contributed by atoms with Crippen molar-refractivity contribution in [1.29, 1.82) is 0 Å². The summed E-state index contributed by atoms with van der Waals surface area (Å²) in [6.45, 7) is 6.64. The highest BCUT2D eigenvalue weighted by Crippen LogP contribution is 2.32. The van der Waals surface area contributed by atoms with Crippen molar-refractivity contribution in [2.24, 2.45) is 4.99 Å². The lowest BCUT2D eigenvalue weighted by Gasteiger charge is -2.21. The van der Waals surface area contributed by atoms with Crippen LogP contribution in [0.1, 0.15) is 49.4 Å². The van der Waals surface area contributed by atoms with Crippen LogP contribution in [0.2, 0.25) is 0 Å². The average molecular weight is 402 g/mol. The molecule has 0 spiro atoms. The molecule has 8 nitrogen and oxygen atoms in total. The fourth-order valence-corrected chi connectivity index (χ4v) is 3.51. The van der Waals surface area contributed by atoms with Crippen LogP contribution in [0.15, 0.2) is 27.7 Å². The second-order valence-electron chi connectivity index (χ2n) is 7.50. The van der Waals surface area contributed by atoms with E-state index in [4.69, 9.17) is 14.0 Å². The Balaban J connectivity index is 1.56. The number of aliphatic imine (C=N–C) groups is 1. The SMILES string of the molecule is CN=C(NCCc1nc(C(C)C)no1)N1CCC(c2cc(OC)cc(OC)c2)C1. The fraction of sp³-hybridized carbons (Fsp3) is 0.571. The average Bonchev–Trinajstić information content (AvgIpc) is 3.41. The zero-order valence-electron chi connectivity index (χ0n) is 17.9. The van der Waals surface area contributed by atoms with Crippen LogP contribution in [-0.2, 0) is 6.42 Å². The van der Waals surface area contributed by atoms with E-state index in [1.807, 2.05) is 13.1 Å². The van der Waals surface area contributed by atoms with E-state index in [2.05, 4.69) is 51.3 Å². The van der Waals surface area contributed by atoms with E-state index in [9.17, 15) is 0 Å². The summed E-state index contributed by atoms with van der Waals surface area (Å²) in [6.07, 6.45) is 1.72. The van der Waals surface area contributed by atoms with Gasteiger partial charge in [0.1, 0.15) is 11.5 Å². The molecular formula is C21H31N5O3. The van der Waals surface area contributed by atoms with Gasteiger partial charge in [0, 0.05) is 51.0 Å². The molecular weight excluding hydrogens is 370 g/mol. The molecule has 2 heterocycles. The Morgan fingerprint density at radius 2 is 2.00 bits per heavy atom. The lowest BCUT2D eigenvalue weighted by molar-refractivity contribution is 0.370. The maximum Gasteiger partial charge on any atom is 0.228 e. The van der Waals surface area contributed by atoms with Crippen molar-refractivity contribution in [2.75, 3.05) is 40.9 Å². The third-order valence-corrected chi connectivity index (χ3v) is 5.17. The van der Waals surface area contributed by atoms with Gasteiger partial charge in [-0.2, -0.15) is 4.98 Å². The first kappa shape index (κ1) is 21.0. The van der Waals surface area contributed by atoms with Gasteiger partial charge in [0.05, 0.1) is 14.2 Å². The molecule has 0 amide bonds. The lowest BCUT2D eigenvalue weighted by atomic mass is 9.98. The molecule has 1 fully saturated rings. The number of nitrogens with zero attached hydrogens (tertiary/aromatic N) is 4. The number of aromatic nitrogens is 2. The molecule has 1 saturated heterocycles. The van der Waals surface area contributed by atoms with Crippen LogP contribution < -0.4 is 14.8 Å². The second-order valence-corrected chi connectivity index (χ2v) is 7.50. The summed E-state index contributed by atoms with van der Waals surface area (Å²) in [5.41, 5.74) is 1.23. The summed E-state index contributed by atoms with van der Waals surface area (Å²) in [5, 5.41) is 7.42. The van der Waals surface area contributed by atoms with Crippen LogP contribution in [0, 0.1) is 0 Å². The number of methoxy groups -OCH3 is 2. The zero-order chi connectivity index (χ0) is 20.8. The fourth-order valence-electron chi connectivity index (χ4n) is 3.51. The van der Waals surface area contributed by atoms with Crippen LogP contribution in [0.25, 0.3) is 0 Å². The van der Waals surface area contributed by atoms with Crippen molar-refractivity contribution in [1.82, 2.24) is 20.4 Å². The molecule has 1 atom stereocenters. The molecule has 158 valence electrons. The van der Waals surface area contributed by atoms with Gasteiger partial charge in [0.2, 0.25) is 5.89 Å². The summed E-state index contributed by atoms with van der Waals surface area (Å²) < 4.78 is 16.1. The first-order valence-corrected chi connectivity index (χ1v) is 10.0. The first-order valence-electron chi connectivity index (χ1n) is 10.0. The summed E-state index contributed by atoms with van der Waals surface area (Å²) in [7, 11) is 5.17. The number of hydrogen-bond donors (Lipinski definition) is 1. The van der Waals surface area contributed by atoms with Crippen molar-refractivity contribution < 1.29 is 14.0 Å². The van der Waals surface area contributed by atoms with Crippen molar-refractivity contribution in [3.63, 3.8) is 0 Å². The Morgan fingerprint density at radius 1 is 1.28 bits per heavy atom. The molecule has 8 heteroatoms. The number of likely N-dealkylation sites (tertiary alicyclic amines) is 1. The molecule has 1 aliphatic rings. The van der Waals surface area contributed by atoms with Gasteiger partial charge in [-0.15, -0.1) is 0 Å². The van der Waals surface area contributed by atoms with Crippen molar-refractivity contribution >= 4 is 5.96 Å². The quantitative estimate of drug-likeness (QED) is 0.564. The van der Waals surface area contributed by atoms with Gasteiger partial charge >= 0.3 is 0 Å². The van der Waals surface area contributed by atoms with E-state index in [0.29, 0.717) is 24.8 Å². The molecule has 1 unspecified atom stereocenters. The first-order chi connectivity index (χ1) is 14.0. The lowest BCUT2D eigenvalue weighted by Crippen LogP contribution is -2.40. The number of benzene rings is 1. The number of rotatable bonds is 7. The van der Waals surface area contributed by atoms with E-state index in [1.54, 1.807) is 14.2 Å². The smallest absolute Gasteiger partial charge is 0.228 e. The minimum atomic E-state index is 0.269. The van der Waals surface area contributed by atoms with Gasteiger partial charge in [-0.25, -0.2) is 0 Å². The van der Waals surface area contributed by atoms with Crippen molar-refractivity contribution in [3.05, 3.63) is 35.5 Å². The van der Waals surface area contributed by atoms with Gasteiger partial charge in [-0.1, -0.05) is 19.0 Å². The molecule has 0 saturated carbocycles.